The fourth-order valence-corrected chi connectivity index (χ4v) is 4.67. The largest absolute Gasteiger partial charge is 0.461 e. The number of ketones is 1. The summed E-state index contributed by atoms with van der Waals surface area (Å²) in [5.41, 5.74) is -0.358. The van der Waals surface area contributed by atoms with Crippen LogP contribution in [0, 0.1) is 5.41 Å². The average Bonchev–Trinajstić information content (AvgIpc) is 2.73. The smallest absolute Gasteiger partial charge is 0.328 e. The van der Waals surface area contributed by atoms with Crippen LogP contribution < -0.4 is 5.32 Å². The van der Waals surface area contributed by atoms with Crippen molar-refractivity contribution in [1.29, 1.82) is 0 Å². The summed E-state index contributed by atoms with van der Waals surface area (Å²) in [6, 6.07) is -0.741. The van der Waals surface area contributed by atoms with E-state index in [1.807, 2.05) is 0 Å². The highest BCUT2D eigenvalue weighted by Crippen LogP contribution is 2.36. The fraction of sp³-hybridized carbons (Fsp3) is 0.800. The maximum absolute atomic E-state index is 13.2. The molecule has 5 heteroatoms. The molecule has 1 saturated carbocycles. The predicted molar refractivity (Wildman–Crippen MR) is 119 cm³/mol. The van der Waals surface area contributed by atoms with Gasteiger partial charge in [0.1, 0.15) is 17.9 Å². The Balaban J connectivity index is 2.14. The van der Waals surface area contributed by atoms with Crippen LogP contribution in [0.2, 0.25) is 0 Å². The van der Waals surface area contributed by atoms with Crippen molar-refractivity contribution < 1.29 is 19.1 Å². The van der Waals surface area contributed by atoms with Crippen molar-refractivity contribution in [2.75, 3.05) is 0 Å². The lowest BCUT2D eigenvalue weighted by molar-refractivity contribution is -0.155. The zero-order chi connectivity index (χ0) is 21.8. The minimum atomic E-state index is -0.741. The summed E-state index contributed by atoms with van der Waals surface area (Å²) in [5.74, 6) is -0.347. The van der Waals surface area contributed by atoms with Crippen LogP contribution >= 0.6 is 0 Å². The van der Waals surface area contributed by atoms with Crippen molar-refractivity contribution in [1.82, 2.24) is 5.32 Å². The number of carbonyl (C=O) groups excluding carboxylic acids is 3. The molecule has 0 aromatic rings. The van der Waals surface area contributed by atoms with Crippen molar-refractivity contribution in [3.05, 3.63) is 12.7 Å². The lowest BCUT2D eigenvalue weighted by Gasteiger charge is -2.33. The Bertz CT molecular complexity index is 588. The molecule has 2 fully saturated rings. The van der Waals surface area contributed by atoms with Gasteiger partial charge in [0.05, 0.1) is 0 Å². The van der Waals surface area contributed by atoms with Crippen molar-refractivity contribution in [3.63, 3.8) is 0 Å². The van der Waals surface area contributed by atoms with Crippen molar-refractivity contribution in [2.45, 2.75) is 122 Å². The maximum Gasteiger partial charge on any atom is 0.328 e. The number of rotatable bonds is 4. The van der Waals surface area contributed by atoms with Gasteiger partial charge in [-0.15, -0.1) is 6.58 Å². The lowest BCUT2D eigenvalue weighted by atomic mass is 9.74. The van der Waals surface area contributed by atoms with E-state index in [9.17, 15) is 14.4 Å². The van der Waals surface area contributed by atoms with E-state index >= 15 is 0 Å². The van der Waals surface area contributed by atoms with E-state index in [0.29, 0.717) is 25.7 Å². The second-order valence-corrected chi connectivity index (χ2v) is 9.43. The van der Waals surface area contributed by atoms with Gasteiger partial charge in [-0.3, -0.25) is 9.59 Å². The summed E-state index contributed by atoms with van der Waals surface area (Å²) < 4.78 is 5.89. The van der Waals surface area contributed by atoms with Gasteiger partial charge in [-0.2, -0.15) is 0 Å². The summed E-state index contributed by atoms with van der Waals surface area (Å²) in [4.78, 5) is 38.2. The van der Waals surface area contributed by atoms with Crippen molar-refractivity contribution in [3.8, 4) is 0 Å². The van der Waals surface area contributed by atoms with Crippen LogP contribution in [-0.4, -0.2) is 29.8 Å². The molecule has 1 aliphatic heterocycles. The van der Waals surface area contributed by atoms with E-state index in [0.717, 1.165) is 44.9 Å². The molecule has 170 valence electrons. The van der Waals surface area contributed by atoms with Gasteiger partial charge in [-0.1, -0.05) is 57.9 Å². The van der Waals surface area contributed by atoms with E-state index in [1.54, 1.807) is 6.08 Å². The number of hydrogen-bond acceptors (Lipinski definition) is 4. The molecular weight excluding hydrogens is 378 g/mol. The zero-order valence-electron chi connectivity index (χ0n) is 18.9. The molecule has 2 bridgehead atoms. The van der Waals surface area contributed by atoms with Crippen molar-refractivity contribution in [2.24, 2.45) is 5.41 Å². The SMILES string of the molecule is C=CCCC(=O)N[C@H]1CCC(=O)C2(C)CCCCCCCCCC[C@@H](CC2)OC1=O. The third kappa shape index (κ3) is 8.23. The Hall–Kier alpha value is -1.65. The van der Waals surface area contributed by atoms with Crippen LogP contribution in [0.1, 0.15) is 110 Å². The first-order valence-electron chi connectivity index (χ1n) is 12.1. The second kappa shape index (κ2) is 12.9. The summed E-state index contributed by atoms with van der Waals surface area (Å²) in [5, 5.41) is 2.80. The Morgan fingerprint density at radius 1 is 1.03 bits per heavy atom. The summed E-state index contributed by atoms with van der Waals surface area (Å²) in [7, 11) is 0. The van der Waals surface area contributed by atoms with Crippen LogP contribution in [-0.2, 0) is 19.1 Å². The monoisotopic (exact) mass is 419 g/mol. The quantitative estimate of drug-likeness (QED) is 0.488. The molecule has 1 saturated heterocycles. The zero-order valence-corrected chi connectivity index (χ0v) is 18.9. The van der Waals surface area contributed by atoms with Gasteiger partial charge in [0.2, 0.25) is 5.91 Å². The highest BCUT2D eigenvalue weighted by molar-refractivity contribution is 5.87. The lowest BCUT2D eigenvalue weighted by Crippen LogP contribution is -2.45. The van der Waals surface area contributed by atoms with Crippen LogP contribution in [0.5, 0.6) is 0 Å². The molecule has 0 spiro atoms. The highest BCUT2D eigenvalue weighted by atomic mass is 16.5. The summed E-state index contributed by atoms with van der Waals surface area (Å²) in [6.07, 6.45) is 15.7. The van der Waals surface area contributed by atoms with Gasteiger partial charge in [0.15, 0.2) is 0 Å². The normalized spacial score (nSPS) is 30.0. The van der Waals surface area contributed by atoms with E-state index in [-0.39, 0.29) is 29.2 Å². The Labute approximate surface area is 182 Å². The first-order chi connectivity index (χ1) is 14.4. The molecule has 1 aliphatic carbocycles. The van der Waals surface area contributed by atoms with Gasteiger partial charge in [0, 0.05) is 18.3 Å². The van der Waals surface area contributed by atoms with Crippen molar-refractivity contribution >= 4 is 17.7 Å². The van der Waals surface area contributed by atoms with Gasteiger partial charge in [-0.25, -0.2) is 4.79 Å². The second-order valence-electron chi connectivity index (χ2n) is 9.43. The van der Waals surface area contributed by atoms with E-state index < -0.39 is 6.04 Å². The van der Waals surface area contributed by atoms with Gasteiger partial charge < -0.3 is 10.1 Å². The Morgan fingerprint density at radius 2 is 1.70 bits per heavy atom. The predicted octanol–water partition coefficient (Wildman–Crippen LogP) is 5.41. The number of fused-ring (bicyclic) bond motifs is 3. The summed E-state index contributed by atoms with van der Waals surface area (Å²) in [6.45, 7) is 5.73. The number of nitrogens with one attached hydrogen (secondary N) is 1. The maximum atomic E-state index is 13.2. The van der Waals surface area contributed by atoms with E-state index in [1.165, 1.54) is 32.1 Å². The molecule has 30 heavy (non-hydrogen) atoms. The minimum Gasteiger partial charge on any atom is -0.461 e. The molecule has 1 unspecified atom stereocenters. The highest BCUT2D eigenvalue weighted by Gasteiger charge is 2.36. The number of ether oxygens (including phenoxy) is 1. The van der Waals surface area contributed by atoms with Crippen LogP contribution in [0.3, 0.4) is 0 Å². The summed E-state index contributed by atoms with van der Waals surface area (Å²) >= 11 is 0. The average molecular weight is 420 g/mol. The Kier molecular flexibility index (Phi) is 10.6. The molecular formula is C25H41NO4. The number of esters is 1. The van der Waals surface area contributed by atoms with E-state index in [4.69, 9.17) is 4.74 Å². The van der Waals surface area contributed by atoms with Crippen LogP contribution in [0.4, 0.5) is 0 Å². The third-order valence-electron chi connectivity index (χ3n) is 6.83. The van der Waals surface area contributed by atoms with Gasteiger partial charge in [0.25, 0.3) is 0 Å². The van der Waals surface area contributed by atoms with Gasteiger partial charge in [-0.05, 0) is 44.9 Å². The molecule has 1 heterocycles. The number of amides is 1. The van der Waals surface area contributed by atoms with Crippen LogP contribution in [0.15, 0.2) is 12.7 Å². The fourth-order valence-electron chi connectivity index (χ4n) is 4.67. The molecule has 0 aromatic carbocycles. The Morgan fingerprint density at radius 3 is 2.40 bits per heavy atom. The standard InChI is InChI=1S/C25H41NO4/c1-3-4-14-23(28)26-21-15-16-22(27)25(2)18-12-10-8-6-5-7-9-11-13-20(17-19-25)30-24(21)29/h3,20-21H,1,4-19H2,2H3,(H,26,28)/t20-,21-,25?/m0/s1. The number of carbonyl (C=O) groups is 3. The van der Waals surface area contributed by atoms with Crippen LogP contribution in [0.25, 0.3) is 0 Å². The first kappa shape index (κ1) is 24.6. The third-order valence-corrected chi connectivity index (χ3v) is 6.83. The minimum absolute atomic E-state index is 0.168. The number of Topliss-reactive ketones (excluding diaryl/α,β-unsaturated/α-hetero) is 1. The number of allylic oxidation sites excluding steroid dienone is 1. The molecule has 5 nitrogen and oxygen atoms in total. The molecule has 1 amide bonds. The molecule has 0 aromatic heterocycles. The van der Waals surface area contributed by atoms with Gasteiger partial charge >= 0.3 is 5.97 Å². The molecule has 2 aliphatic rings. The van der Waals surface area contributed by atoms with E-state index in [2.05, 4.69) is 18.8 Å². The molecule has 3 atom stereocenters. The number of hydrogen-bond donors (Lipinski definition) is 1. The molecule has 1 N–H and O–H groups in total. The molecule has 2 rings (SSSR count). The first-order valence-corrected chi connectivity index (χ1v) is 12.1. The topological polar surface area (TPSA) is 72.5 Å². The molecule has 0 radical (unpaired) electrons.